The van der Waals surface area contributed by atoms with Crippen molar-refractivity contribution >= 4 is 29.2 Å². The van der Waals surface area contributed by atoms with Gasteiger partial charge in [-0.05, 0) is 48.7 Å². The zero-order chi connectivity index (χ0) is 16.8. The maximum Gasteiger partial charge on any atom is 0.343 e. The first-order chi connectivity index (χ1) is 11.7. The van der Waals surface area contributed by atoms with Crippen molar-refractivity contribution in [3.63, 3.8) is 0 Å². The van der Waals surface area contributed by atoms with Crippen LogP contribution in [0.25, 0.3) is 0 Å². The quantitative estimate of drug-likeness (QED) is 0.428. The normalized spacial score (nSPS) is 10.2. The molecule has 0 saturated heterocycles. The molecule has 1 heterocycles. The van der Waals surface area contributed by atoms with Crippen LogP contribution in [0.1, 0.15) is 10.4 Å². The molecule has 1 N–H and O–H groups in total. The van der Waals surface area contributed by atoms with E-state index in [4.69, 9.17) is 4.74 Å². The minimum absolute atomic E-state index is 0.408. The molecule has 120 valence electrons. The van der Waals surface area contributed by atoms with Crippen LogP contribution in [0.15, 0.2) is 72.0 Å². The highest BCUT2D eigenvalue weighted by molar-refractivity contribution is 7.98. The molecule has 1 aromatic heterocycles. The van der Waals surface area contributed by atoms with Crippen molar-refractivity contribution in [3.05, 3.63) is 72.7 Å². The van der Waals surface area contributed by atoms with Gasteiger partial charge in [-0.15, -0.1) is 11.8 Å². The van der Waals surface area contributed by atoms with Gasteiger partial charge in [-0.1, -0.05) is 6.07 Å². The van der Waals surface area contributed by atoms with E-state index < -0.39 is 5.97 Å². The SMILES string of the molecule is CSc1ccc(OC(=O)c2cccc(Nc3cnccn3)c2)cc1. The molecule has 0 aliphatic carbocycles. The second-order valence-electron chi connectivity index (χ2n) is 4.86. The Morgan fingerprint density at radius 1 is 1.12 bits per heavy atom. The predicted molar refractivity (Wildman–Crippen MR) is 94.9 cm³/mol. The molecule has 2 aromatic carbocycles. The molecule has 0 atom stereocenters. The molecule has 3 aromatic rings. The molecule has 5 nitrogen and oxygen atoms in total. The third kappa shape index (κ3) is 4.11. The zero-order valence-electron chi connectivity index (χ0n) is 13.0. The van der Waals surface area contributed by atoms with Crippen molar-refractivity contribution < 1.29 is 9.53 Å². The van der Waals surface area contributed by atoms with E-state index in [0.29, 0.717) is 17.1 Å². The first kappa shape index (κ1) is 16.0. The Hall–Kier alpha value is -2.86. The van der Waals surface area contributed by atoms with Crippen LogP contribution in [0.2, 0.25) is 0 Å². The number of nitrogens with zero attached hydrogens (tertiary/aromatic N) is 2. The Bertz CT molecular complexity index is 823. The molecule has 0 amide bonds. The summed E-state index contributed by atoms with van der Waals surface area (Å²) < 4.78 is 5.40. The fraction of sp³-hybridized carbons (Fsp3) is 0.0556. The Morgan fingerprint density at radius 3 is 2.67 bits per heavy atom. The molecule has 0 aliphatic rings. The highest BCUT2D eigenvalue weighted by Crippen LogP contribution is 2.21. The number of hydrogen-bond donors (Lipinski definition) is 1. The molecule has 0 fully saturated rings. The van der Waals surface area contributed by atoms with E-state index in [9.17, 15) is 4.79 Å². The van der Waals surface area contributed by atoms with E-state index in [1.807, 2.05) is 24.5 Å². The molecule has 0 saturated carbocycles. The van der Waals surface area contributed by atoms with Crippen molar-refractivity contribution in [1.29, 1.82) is 0 Å². The van der Waals surface area contributed by atoms with Crippen molar-refractivity contribution in [3.8, 4) is 5.75 Å². The number of hydrogen-bond acceptors (Lipinski definition) is 6. The maximum atomic E-state index is 12.3. The number of ether oxygens (including phenoxy) is 1. The molecular weight excluding hydrogens is 322 g/mol. The molecule has 0 bridgehead atoms. The second kappa shape index (κ2) is 7.61. The molecular formula is C18H15N3O2S. The largest absolute Gasteiger partial charge is 0.423 e. The number of nitrogens with one attached hydrogen (secondary N) is 1. The van der Waals surface area contributed by atoms with Crippen molar-refractivity contribution in [1.82, 2.24) is 9.97 Å². The number of carbonyl (C=O) groups excluding carboxylic acids is 1. The fourth-order valence-corrected chi connectivity index (χ4v) is 2.45. The van der Waals surface area contributed by atoms with Crippen molar-refractivity contribution in [2.24, 2.45) is 0 Å². The van der Waals surface area contributed by atoms with E-state index >= 15 is 0 Å². The van der Waals surface area contributed by atoms with Crippen LogP contribution in [0.4, 0.5) is 11.5 Å². The Kier molecular flexibility index (Phi) is 5.08. The molecule has 3 rings (SSSR count). The van der Waals surface area contributed by atoms with Crippen LogP contribution in [0.3, 0.4) is 0 Å². The fourth-order valence-electron chi connectivity index (χ4n) is 2.05. The monoisotopic (exact) mass is 337 g/mol. The highest BCUT2D eigenvalue weighted by atomic mass is 32.2. The average molecular weight is 337 g/mol. The van der Waals surface area contributed by atoms with Crippen LogP contribution in [0, 0.1) is 0 Å². The number of thioether (sulfide) groups is 1. The maximum absolute atomic E-state index is 12.3. The summed E-state index contributed by atoms with van der Waals surface area (Å²) in [5.74, 6) is 0.718. The standard InChI is InChI=1S/C18H15N3O2S/c1-24-16-7-5-15(6-8-16)23-18(22)13-3-2-4-14(11-13)21-17-12-19-9-10-20-17/h2-12H,1H3,(H,20,21). The van der Waals surface area contributed by atoms with E-state index in [2.05, 4.69) is 15.3 Å². The van der Waals surface area contributed by atoms with Gasteiger partial charge in [-0.2, -0.15) is 0 Å². The predicted octanol–water partition coefficient (Wildman–Crippen LogP) is 4.16. The lowest BCUT2D eigenvalue weighted by atomic mass is 10.2. The van der Waals surface area contributed by atoms with Crippen LogP contribution >= 0.6 is 11.8 Å². The van der Waals surface area contributed by atoms with Gasteiger partial charge in [0, 0.05) is 23.0 Å². The second-order valence-corrected chi connectivity index (χ2v) is 5.74. The highest BCUT2D eigenvalue weighted by Gasteiger charge is 2.09. The Balaban J connectivity index is 1.71. The van der Waals surface area contributed by atoms with Crippen molar-refractivity contribution in [2.45, 2.75) is 4.90 Å². The van der Waals surface area contributed by atoms with Gasteiger partial charge in [0.1, 0.15) is 11.6 Å². The number of esters is 1. The first-order valence-electron chi connectivity index (χ1n) is 7.24. The molecule has 0 radical (unpaired) electrons. The summed E-state index contributed by atoms with van der Waals surface area (Å²) in [6.07, 6.45) is 6.80. The lowest BCUT2D eigenvalue weighted by molar-refractivity contribution is 0.0734. The molecule has 24 heavy (non-hydrogen) atoms. The summed E-state index contributed by atoms with van der Waals surface area (Å²) in [7, 11) is 0. The third-order valence-electron chi connectivity index (χ3n) is 3.20. The summed E-state index contributed by atoms with van der Waals surface area (Å²) in [5.41, 5.74) is 1.19. The Labute approximate surface area is 144 Å². The number of benzene rings is 2. The van der Waals surface area contributed by atoms with Crippen LogP contribution in [-0.2, 0) is 0 Å². The van der Waals surface area contributed by atoms with Gasteiger partial charge in [0.05, 0.1) is 11.8 Å². The smallest absolute Gasteiger partial charge is 0.343 e. The minimum atomic E-state index is -0.408. The lowest BCUT2D eigenvalue weighted by Gasteiger charge is -2.08. The number of aromatic nitrogens is 2. The number of carbonyl (C=O) groups is 1. The van der Waals surface area contributed by atoms with Gasteiger partial charge >= 0.3 is 5.97 Å². The van der Waals surface area contributed by atoms with E-state index in [0.717, 1.165) is 10.6 Å². The summed E-state index contributed by atoms with van der Waals surface area (Å²) >= 11 is 1.64. The van der Waals surface area contributed by atoms with E-state index in [1.165, 1.54) is 0 Å². The summed E-state index contributed by atoms with van der Waals surface area (Å²) in [6, 6.07) is 14.5. The summed E-state index contributed by atoms with van der Waals surface area (Å²) in [5, 5.41) is 3.09. The molecule has 0 unspecified atom stereocenters. The third-order valence-corrected chi connectivity index (χ3v) is 3.95. The van der Waals surface area contributed by atoms with Gasteiger partial charge in [0.15, 0.2) is 0 Å². The van der Waals surface area contributed by atoms with Crippen molar-refractivity contribution in [2.75, 3.05) is 11.6 Å². The zero-order valence-corrected chi connectivity index (χ0v) is 13.8. The topological polar surface area (TPSA) is 64.1 Å². The lowest BCUT2D eigenvalue weighted by Crippen LogP contribution is -2.08. The van der Waals surface area contributed by atoms with E-state index in [1.54, 1.807) is 60.7 Å². The molecule has 0 aliphatic heterocycles. The van der Waals surface area contributed by atoms with Gasteiger partial charge in [0.2, 0.25) is 0 Å². The van der Waals surface area contributed by atoms with Gasteiger partial charge in [-0.25, -0.2) is 9.78 Å². The van der Waals surface area contributed by atoms with Crippen LogP contribution < -0.4 is 10.1 Å². The molecule has 6 heteroatoms. The summed E-state index contributed by atoms with van der Waals surface area (Å²) in [4.78, 5) is 21.5. The minimum Gasteiger partial charge on any atom is -0.423 e. The molecule has 0 spiro atoms. The summed E-state index contributed by atoms with van der Waals surface area (Å²) in [6.45, 7) is 0. The first-order valence-corrected chi connectivity index (χ1v) is 8.46. The van der Waals surface area contributed by atoms with Crippen LogP contribution in [0.5, 0.6) is 5.75 Å². The van der Waals surface area contributed by atoms with Gasteiger partial charge in [-0.3, -0.25) is 4.98 Å². The average Bonchev–Trinajstić information content (AvgIpc) is 2.63. The van der Waals surface area contributed by atoms with Crippen LogP contribution in [-0.4, -0.2) is 22.2 Å². The van der Waals surface area contributed by atoms with E-state index in [-0.39, 0.29) is 0 Å². The van der Waals surface area contributed by atoms with Gasteiger partial charge < -0.3 is 10.1 Å². The Morgan fingerprint density at radius 2 is 1.96 bits per heavy atom. The number of rotatable bonds is 5. The number of anilines is 2. The van der Waals surface area contributed by atoms with Gasteiger partial charge in [0.25, 0.3) is 0 Å².